The molecule has 2 rings (SSSR count). The molecule has 0 radical (unpaired) electrons. The lowest BCUT2D eigenvalue weighted by Crippen LogP contribution is -2.51. The first-order chi connectivity index (χ1) is 12.6. The second kappa shape index (κ2) is 9.08. The Hall–Kier alpha value is -2.28. The molecule has 0 saturated carbocycles. The van der Waals surface area contributed by atoms with Gasteiger partial charge in [-0.2, -0.15) is 0 Å². The molecule has 0 spiro atoms. The zero-order valence-electron chi connectivity index (χ0n) is 16.0. The van der Waals surface area contributed by atoms with Gasteiger partial charge in [0.25, 0.3) is 0 Å². The van der Waals surface area contributed by atoms with Crippen LogP contribution in [0.25, 0.3) is 0 Å². The minimum Gasteiger partial charge on any atom is -0.444 e. The number of hydrogen-bond donors (Lipinski definition) is 1. The highest BCUT2D eigenvalue weighted by atomic mass is 35.5. The number of nitrogens with zero attached hydrogens (tertiary/aromatic N) is 2. The third kappa shape index (κ3) is 7.09. The SMILES string of the molecule is CC(C)(C)OC(=O)N1CCN(C(=O)CCC(=O)Nc2ccc(Cl)cc2)CC1. The number of nitrogens with one attached hydrogen (secondary N) is 1. The predicted octanol–water partition coefficient (Wildman–Crippen LogP) is 3.14. The minimum absolute atomic E-state index is 0.0925. The van der Waals surface area contributed by atoms with E-state index in [1.807, 2.05) is 20.8 Å². The molecular formula is C19H26ClN3O4. The average molecular weight is 396 g/mol. The van der Waals surface area contributed by atoms with E-state index < -0.39 is 5.60 Å². The Morgan fingerprint density at radius 1 is 1.00 bits per heavy atom. The number of carbonyl (C=O) groups excluding carboxylic acids is 3. The van der Waals surface area contributed by atoms with E-state index in [0.29, 0.717) is 36.9 Å². The van der Waals surface area contributed by atoms with Crippen molar-refractivity contribution in [1.82, 2.24) is 9.80 Å². The molecule has 0 aromatic heterocycles. The van der Waals surface area contributed by atoms with Crippen LogP contribution in [0.3, 0.4) is 0 Å². The number of anilines is 1. The molecule has 3 amide bonds. The summed E-state index contributed by atoms with van der Waals surface area (Å²) in [5, 5.41) is 3.32. The normalized spacial score (nSPS) is 14.7. The first-order valence-corrected chi connectivity index (χ1v) is 9.33. The van der Waals surface area contributed by atoms with E-state index >= 15 is 0 Å². The molecule has 1 fully saturated rings. The van der Waals surface area contributed by atoms with Gasteiger partial charge in [-0.1, -0.05) is 11.6 Å². The second-order valence-electron chi connectivity index (χ2n) is 7.40. The van der Waals surface area contributed by atoms with Crippen molar-refractivity contribution in [3.63, 3.8) is 0 Å². The summed E-state index contributed by atoms with van der Waals surface area (Å²) in [7, 11) is 0. The number of ether oxygens (including phenoxy) is 1. The zero-order valence-corrected chi connectivity index (χ0v) is 16.7. The smallest absolute Gasteiger partial charge is 0.410 e. The molecule has 1 N–H and O–H groups in total. The van der Waals surface area contributed by atoms with Gasteiger partial charge < -0.3 is 19.9 Å². The van der Waals surface area contributed by atoms with Crippen LogP contribution in [0.4, 0.5) is 10.5 Å². The number of carbonyl (C=O) groups is 3. The van der Waals surface area contributed by atoms with Gasteiger partial charge >= 0.3 is 6.09 Å². The third-order valence-corrected chi connectivity index (χ3v) is 4.23. The molecular weight excluding hydrogens is 370 g/mol. The number of halogens is 1. The van der Waals surface area contributed by atoms with Crippen LogP contribution in [-0.4, -0.2) is 59.5 Å². The Morgan fingerprint density at radius 3 is 2.11 bits per heavy atom. The van der Waals surface area contributed by atoms with Crippen LogP contribution in [0.15, 0.2) is 24.3 Å². The van der Waals surface area contributed by atoms with Crippen LogP contribution in [0.2, 0.25) is 5.02 Å². The van der Waals surface area contributed by atoms with Crippen LogP contribution in [0.1, 0.15) is 33.6 Å². The van der Waals surface area contributed by atoms with Crippen LogP contribution in [0, 0.1) is 0 Å². The fourth-order valence-electron chi connectivity index (χ4n) is 2.60. The van der Waals surface area contributed by atoms with Gasteiger partial charge in [0.2, 0.25) is 11.8 Å². The van der Waals surface area contributed by atoms with Crippen molar-refractivity contribution in [3.8, 4) is 0 Å². The zero-order chi connectivity index (χ0) is 20.0. The number of piperazine rings is 1. The van der Waals surface area contributed by atoms with Gasteiger partial charge in [-0.25, -0.2) is 4.79 Å². The molecule has 1 aliphatic heterocycles. The molecule has 0 aliphatic carbocycles. The van der Waals surface area contributed by atoms with Gasteiger partial charge in [-0.3, -0.25) is 9.59 Å². The Labute approximate surface area is 164 Å². The standard InChI is InChI=1S/C19H26ClN3O4/c1-19(2,3)27-18(26)23-12-10-22(11-13-23)17(25)9-8-16(24)21-15-6-4-14(20)5-7-15/h4-7H,8-13H2,1-3H3,(H,21,24). The Bertz CT molecular complexity index is 677. The summed E-state index contributed by atoms with van der Waals surface area (Å²) in [6, 6.07) is 6.79. The Balaban J connectivity index is 1.72. The molecule has 1 aliphatic rings. The summed E-state index contributed by atoms with van der Waals surface area (Å²) in [5.74, 6) is -0.317. The molecule has 0 bridgehead atoms. The van der Waals surface area contributed by atoms with Crippen LogP contribution in [-0.2, 0) is 14.3 Å². The fourth-order valence-corrected chi connectivity index (χ4v) is 2.73. The van der Waals surface area contributed by atoms with Crippen molar-refractivity contribution < 1.29 is 19.1 Å². The summed E-state index contributed by atoms with van der Waals surface area (Å²) in [6.07, 6.45) is -0.128. The van der Waals surface area contributed by atoms with Gasteiger partial charge in [-0.15, -0.1) is 0 Å². The molecule has 0 unspecified atom stereocenters. The predicted molar refractivity (Wildman–Crippen MR) is 104 cm³/mol. The highest BCUT2D eigenvalue weighted by molar-refractivity contribution is 6.30. The van der Waals surface area contributed by atoms with E-state index in [1.54, 1.807) is 34.1 Å². The van der Waals surface area contributed by atoms with Gasteiger partial charge in [0, 0.05) is 49.7 Å². The van der Waals surface area contributed by atoms with E-state index in [-0.39, 0.29) is 30.7 Å². The lowest BCUT2D eigenvalue weighted by molar-refractivity contribution is -0.134. The average Bonchev–Trinajstić information content (AvgIpc) is 2.60. The van der Waals surface area contributed by atoms with Gasteiger partial charge in [-0.05, 0) is 45.0 Å². The molecule has 1 aromatic carbocycles. The summed E-state index contributed by atoms with van der Waals surface area (Å²) >= 11 is 5.80. The van der Waals surface area contributed by atoms with E-state index in [9.17, 15) is 14.4 Å². The van der Waals surface area contributed by atoms with Crippen LogP contribution in [0.5, 0.6) is 0 Å². The summed E-state index contributed by atoms with van der Waals surface area (Å²) < 4.78 is 5.34. The van der Waals surface area contributed by atoms with Gasteiger partial charge in [0.05, 0.1) is 0 Å². The molecule has 1 heterocycles. The van der Waals surface area contributed by atoms with Crippen molar-refractivity contribution in [2.45, 2.75) is 39.2 Å². The molecule has 27 heavy (non-hydrogen) atoms. The van der Waals surface area contributed by atoms with Crippen molar-refractivity contribution >= 4 is 35.2 Å². The van der Waals surface area contributed by atoms with E-state index in [2.05, 4.69) is 5.32 Å². The van der Waals surface area contributed by atoms with Gasteiger partial charge in [0.1, 0.15) is 5.60 Å². The summed E-state index contributed by atoms with van der Waals surface area (Å²) in [6.45, 7) is 7.20. The molecule has 8 heteroatoms. The van der Waals surface area contributed by atoms with E-state index in [1.165, 1.54) is 0 Å². The van der Waals surface area contributed by atoms with Crippen molar-refractivity contribution in [3.05, 3.63) is 29.3 Å². The summed E-state index contributed by atoms with van der Waals surface area (Å²) in [5.41, 5.74) is 0.101. The topological polar surface area (TPSA) is 79.0 Å². The van der Waals surface area contributed by atoms with Crippen molar-refractivity contribution in [1.29, 1.82) is 0 Å². The number of rotatable bonds is 4. The molecule has 1 saturated heterocycles. The third-order valence-electron chi connectivity index (χ3n) is 3.98. The van der Waals surface area contributed by atoms with Gasteiger partial charge in [0.15, 0.2) is 0 Å². The highest BCUT2D eigenvalue weighted by Gasteiger charge is 2.27. The highest BCUT2D eigenvalue weighted by Crippen LogP contribution is 2.15. The molecule has 148 valence electrons. The van der Waals surface area contributed by atoms with Crippen LogP contribution < -0.4 is 5.32 Å². The number of hydrogen-bond acceptors (Lipinski definition) is 4. The monoisotopic (exact) mass is 395 g/mol. The first-order valence-electron chi connectivity index (χ1n) is 8.95. The largest absolute Gasteiger partial charge is 0.444 e. The Morgan fingerprint density at radius 2 is 1.56 bits per heavy atom. The minimum atomic E-state index is -0.540. The lowest BCUT2D eigenvalue weighted by atomic mass is 10.2. The maximum atomic E-state index is 12.3. The van der Waals surface area contributed by atoms with Crippen molar-refractivity contribution in [2.75, 3.05) is 31.5 Å². The molecule has 0 atom stereocenters. The van der Waals surface area contributed by atoms with Crippen molar-refractivity contribution in [2.24, 2.45) is 0 Å². The van der Waals surface area contributed by atoms with E-state index in [4.69, 9.17) is 16.3 Å². The van der Waals surface area contributed by atoms with Crippen LogP contribution >= 0.6 is 11.6 Å². The summed E-state index contributed by atoms with van der Waals surface area (Å²) in [4.78, 5) is 39.6. The second-order valence-corrected chi connectivity index (χ2v) is 7.84. The lowest BCUT2D eigenvalue weighted by Gasteiger charge is -2.35. The van der Waals surface area contributed by atoms with E-state index in [0.717, 1.165) is 0 Å². The maximum Gasteiger partial charge on any atom is 0.410 e. The molecule has 1 aromatic rings. The maximum absolute atomic E-state index is 12.3. The quantitative estimate of drug-likeness (QED) is 0.849. The first kappa shape index (κ1) is 21.0. The molecule has 7 nitrogen and oxygen atoms in total. The Kier molecular flexibility index (Phi) is 7.07. The number of amides is 3. The fraction of sp³-hybridized carbons (Fsp3) is 0.526. The number of benzene rings is 1.